The molecule has 30 heavy (non-hydrogen) atoms. The van der Waals surface area contributed by atoms with Crippen LogP contribution >= 0.6 is 0 Å². The Labute approximate surface area is 172 Å². The number of anilines is 1. The maximum Gasteiger partial charge on any atom is 0.321 e. The van der Waals surface area contributed by atoms with Crippen LogP contribution in [0.2, 0.25) is 0 Å². The molecule has 2 fully saturated rings. The van der Waals surface area contributed by atoms with E-state index in [1.807, 2.05) is 18.2 Å². The Balaban J connectivity index is 1.38. The zero-order chi connectivity index (χ0) is 20.5. The predicted molar refractivity (Wildman–Crippen MR) is 108 cm³/mol. The first-order chi connectivity index (χ1) is 14.7. The van der Waals surface area contributed by atoms with Crippen LogP contribution in [0.15, 0.2) is 53.3 Å². The minimum atomic E-state index is -0.265. The molecule has 0 radical (unpaired) electrons. The molecule has 1 atom stereocenters. The lowest BCUT2D eigenvalue weighted by molar-refractivity contribution is 0.0710. The van der Waals surface area contributed by atoms with Gasteiger partial charge in [-0.15, -0.1) is 0 Å². The Morgan fingerprint density at radius 2 is 2.03 bits per heavy atom. The van der Waals surface area contributed by atoms with Crippen molar-refractivity contribution < 1.29 is 14.1 Å². The molecule has 2 saturated heterocycles. The van der Waals surface area contributed by atoms with E-state index in [1.54, 1.807) is 40.4 Å². The lowest BCUT2D eigenvalue weighted by Crippen LogP contribution is -2.31. The zero-order valence-corrected chi connectivity index (χ0v) is 16.2. The van der Waals surface area contributed by atoms with Gasteiger partial charge < -0.3 is 14.7 Å². The third kappa shape index (κ3) is 3.28. The summed E-state index contributed by atoms with van der Waals surface area (Å²) in [5, 5.41) is 6.85. The van der Waals surface area contributed by atoms with Gasteiger partial charge in [0.05, 0.1) is 0 Å². The van der Waals surface area contributed by atoms with Gasteiger partial charge in [0, 0.05) is 48.8 Å². The van der Waals surface area contributed by atoms with Crippen LogP contribution in [0.4, 0.5) is 10.5 Å². The first kappa shape index (κ1) is 18.3. The molecule has 2 aromatic heterocycles. The fraction of sp³-hybridized carbons (Fsp3) is 0.286. The van der Waals surface area contributed by atoms with Gasteiger partial charge in [-0.1, -0.05) is 11.2 Å². The number of nitrogens with zero attached hydrogens (tertiary/aromatic N) is 5. The van der Waals surface area contributed by atoms with Crippen molar-refractivity contribution in [1.29, 1.82) is 0 Å². The number of hydrogen-bond donors (Lipinski definition) is 1. The van der Waals surface area contributed by atoms with Crippen molar-refractivity contribution >= 4 is 17.6 Å². The molecule has 1 unspecified atom stereocenters. The second kappa shape index (κ2) is 7.58. The normalized spacial score (nSPS) is 18.7. The van der Waals surface area contributed by atoms with Crippen LogP contribution in [0.5, 0.6) is 0 Å². The van der Waals surface area contributed by atoms with Gasteiger partial charge in [0.2, 0.25) is 11.7 Å². The van der Waals surface area contributed by atoms with Crippen LogP contribution in [0, 0.1) is 0 Å². The predicted octanol–water partition coefficient (Wildman–Crippen LogP) is 2.64. The standard InChI is InChI=1S/C21H20N6O3/c28-20(15-3-1-4-16(13-15)26-12-10-23-21(26)29)27-11-2-5-17(27)19-24-18(25-30-19)14-6-8-22-9-7-14/h1,3-4,6-9,13,17H,2,5,10-12H2,(H,23,29). The molecular formula is C21H20N6O3. The molecule has 3 aromatic rings. The Bertz CT molecular complexity index is 1080. The first-order valence-electron chi connectivity index (χ1n) is 9.91. The summed E-state index contributed by atoms with van der Waals surface area (Å²) in [4.78, 5) is 37.1. The zero-order valence-electron chi connectivity index (χ0n) is 16.2. The Morgan fingerprint density at radius 1 is 1.17 bits per heavy atom. The van der Waals surface area contributed by atoms with Gasteiger partial charge in [0.15, 0.2) is 0 Å². The summed E-state index contributed by atoms with van der Waals surface area (Å²) in [6, 6.07) is 10.4. The van der Waals surface area contributed by atoms with E-state index in [4.69, 9.17) is 4.52 Å². The average Bonchev–Trinajstić information content (AvgIpc) is 3.54. The quantitative estimate of drug-likeness (QED) is 0.717. The number of rotatable bonds is 4. The number of urea groups is 1. The fourth-order valence-electron chi connectivity index (χ4n) is 3.95. The summed E-state index contributed by atoms with van der Waals surface area (Å²) < 4.78 is 5.50. The number of nitrogens with one attached hydrogen (secondary N) is 1. The monoisotopic (exact) mass is 404 g/mol. The van der Waals surface area contributed by atoms with E-state index in [0.29, 0.717) is 42.6 Å². The molecule has 1 aromatic carbocycles. The summed E-state index contributed by atoms with van der Waals surface area (Å²) in [7, 11) is 0. The van der Waals surface area contributed by atoms with Crippen LogP contribution in [0.3, 0.4) is 0 Å². The summed E-state index contributed by atoms with van der Waals surface area (Å²) in [6.07, 6.45) is 4.96. The molecule has 152 valence electrons. The molecule has 9 heteroatoms. The minimum Gasteiger partial charge on any atom is -0.337 e. The van der Waals surface area contributed by atoms with Gasteiger partial charge in [-0.05, 0) is 43.2 Å². The third-order valence-electron chi connectivity index (χ3n) is 5.44. The minimum absolute atomic E-state index is 0.109. The van der Waals surface area contributed by atoms with E-state index in [2.05, 4.69) is 20.4 Å². The van der Waals surface area contributed by atoms with E-state index in [-0.39, 0.29) is 18.0 Å². The Kier molecular flexibility index (Phi) is 4.62. The van der Waals surface area contributed by atoms with Crippen LogP contribution in [-0.4, -0.2) is 51.6 Å². The highest BCUT2D eigenvalue weighted by Crippen LogP contribution is 2.33. The van der Waals surface area contributed by atoms with Gasteiger partial charge >= 0.3 is 6.03 Å². The molecule has 2 aliphatic rings. The van der Waals surface area contributed by atoms with Crippen molar-refractivity contribution in [3.05, 3.63) is 60.2 Å². The SMILES string of the molecule is O=C1NCCN1c1cccc(C(=O)N2CCCC2c2nc(-c3ccncc3)no2)c1. The smallest absolute Gasteiger partial charge is 0.321 e. The lowest BCUT2D eigenvalue weighted by atomic mass is 10.1. The number of amides is 3. The fourth-order valence-corrected chi connectivity index (χ4v) is 3.95. The van der Waals surface area contributed by atoms with Gasteiger partial charge in [0.1, 0.15) is 6.04 Å². The van der Waals surface area contributed by atoms with Crippen LogP contribution in [0.25, 0.3) is 11.4 Å². The van der Waals surface area contributed by atoms with Crippen molar-refractivity contribution in [3.63, 3.8) is 0 Å². The number of carbonyl (C=O) groups excluding carboxylic acids is 2. The second-order valence-electron chi connectivity index (χ2n) is 7.28. The molecule has 5 rings (SSSR count). The van der Waals surface area contributed by atoms with E-state index in [9.17, 15) is 9.59 Å². The van der Waals surface area contributed by atoms with Crippen LogP contribution in [0.1, 0.15) is 35.1 Å². The number of hydrogen-bond acceptors (Lipinski definition) is 6. The molecular weight excluding hydrogens is 384 g/mol. The van der Waals surface area contributed by atoms with E-state index in [0.717, 1.165) is 18.4 Å². The highest BCUT2D eigenvalue weighted by Gasteiger charge is 2.35. The number of likely N-dealkylation sites (tertiary alicyclic amines) is 1. The second-order valence-corrected chi connectivity index (χ2v) is 7.28. The third-order valence-corrected chi connectivity index (χ3v) is 5.44. The highest BCUT2D eigenvalue weighted by molar-refractivity contribution is 5.98. The van der Waals surface area contributed by atoms with Crippen LogP contribution < -0.4 is 10.2 Å². The van der Waals surface area contributed by atoms with Gasteiger partial charge in [-0.3, -0.25) is 14.7 Å². The van der Waals surface area contributed by atoms with E-state index in [1.165, 1.54) is 0 Å². The molecule has 0 spiro atoms. The Hall–Kier alpha value is -3.75. The molecule has 4 heterocycles. The largest absolute Gasteiger partial charge is 0.337 e. The van der Waals surface area contributed by atoms with Crippen molar-refractivity contribution in [2.24, 2.45) is 0 Å². The summed E-state index contributed by atoms with van der Waals surface area (Å²) >= 11 is 0. The molecule has 3 amide bonds. The first-order valence-corrected chi connectivity index (χ1v) is 9.91. The number of pyridine rings is 1. The van der Waals surface area contributed by atoms with Gasteiger partial charge in [-0.2, -0.15) is 4.98 Å². The van der Waals surface area contributed by atoms with E-state index >= 15 is 0 Å². The summed E-state index contributed by atoms with van der Waals surface area (Å²) in [5.74, 6) is 0.805. The van der Waals surface area contributed by atoms with E-state index < -0.39 is 0 Å². The lowest BCUT2D eigenvalue weighted by Gasteiger charge is -2.23. The van der Waals surface area contributed by atoms with Crippen molar-refractivity contribution in [1.82, 2.24) is 25.3 Å². The molecule has 0 aliphatic carbocycles. The molecule has 0 saturated carbocycles. The van der Waals surface area contributed by atoms with Gasteiger partial charge in [-0.25, -0.2) is 4.79 Å². The maximum atomic E-state index is 13.3. The summed E-state index contributed by atoms with van der Waals surface area (Å²) in [6.45, 7) is 1.80. The Morgan fingerprint density at radius 3 is 2.83 bits per heavy atom. The van der Waals surface area contributed by atoms with Crippen molar-refractivity contribution in [3.8, 4) is 11.4 Å². The van der Waals surface area contributed by atoms with Crippen LogP contribution in [-0.2, 0) is 0 Å². The maximum absolute atomic E-state index is 13.3. The van der Waals surface area contributed by atoms with Crippen molar-refractivity contribution in [2.45, 2.75) is 18.9 Å². The molecule has 0 bridgehead atoms. The highest BCUT2D eigenvalue weighted by atomic mass is 16.5. The molecule has 2 aliphatic heterocycles. The van der Waals surface area contributed by atoms with Crippen molar-refractivity contribution in [2.75, 3.05) is 24.5 Å². The molecule has 9 nitrogen and oxygen atoms in total. The number of carbonyl (C=O) groups is 2. The summed E-state index contributed by atoms with van der Waals surface area (Å²) in [5.41, 5.74) is 2.06. The van der Waals surface area contributed by atoms with Gasteiger partial charge in [0.25, 0.3) is 5.91 Å². The topological polar surface area (TPSA) is 104 Å². The number of aromatic nitrogens is 3. The number of benzene rings is 1. The molecule has 1 N–H and O–H groups in total. The average molecular weight is 404 g/mol.